The average Bonchev–Trinajstić information content (AvgIpc) is 2.68. The van der Waals surface area contributed by atoms with Gasteiger partial charge in [0, 0.05) is 32.4 Å². The molecule has 2 atom stereocenters. The van der Waals surface area contributed by atoms with Crippen LogP contribution in [0.3, 0.4) is 0 Å². The summed E-state index contributed by atoms with van der Waals surface area (Å²) in [6.07, 6.45) is 6.01. The normalized spacial score (nSPS) is 23.3. The van der Waals surface area contributed by atoms with Gasteiger partial charge in [0.15, 0.2) is 0 Å². The molecule has 0 aliphatic heterocycles. The van der Waals surface area contributed by atoms with Gasteiger partial charge in [0.2, 0.25) is 5.91 Å². The van der Waals surface area contributed by atoms with Crippen LogP contribution in [0.4, 0.5) is 0 Å². The van der Waals surface area contributed by atoms with Gasteiger partial charge in [-0.15, -0.1) is 0 Å². The summed E-state index contributed by atoms with van der Waals surface area (Å²) in [5, 5.41) is 4.14. The largest absolute Gasteiger partial charge is 0.341 e. The second-order valence-corrected chi connectivity index (χ2v) is 6.79. The van der Waals surface area contributed by atoms with Crippen molar-refractivity contribution in [1.82, 2.24) is 14.7 Å². The molecule has 0 aromatic carbocycles. The Labute approximate surface area is 121 Å². The zero-order valence-corrected chi connectivity index (χ0v) is 13.3. The van der Waals surface area contributed by atoms with Gasteiger partial charge < -0.3 is 4.90 Å². The fourth-order valence-electron chi connectivity index (χ4n) is 2.96. The Kier molecular flexibility index (Phi) is 3.76. The van der Waals surface area contributed by atoms with Crippen molar-refractivity contribution in [3.8, 4) is 0 Å². The molecule has 2 rings (SSSR count). The van der Waals surface area contributed by atoms with E-state index in [2.05, 4.69) is 38.9 Å². The van der Waals surface area contributed by atoms with Gasteiger partial charge in [-0.2, -0.15) is 5.10 Å². The molecule has 0 bridgehead atoms. The molecule has 1 saturated carbocycles. The molecule has 4 heteroatoms. The zero-order chi connectivity index (χ0) is 15.1. The van der Waals surface area contributed by atoms with Crippen molar-refractivity contribution in [2.45, 2.75) is 34.2 Å². The topological polar surface area (TPSA) is 38.1 Å². The molecule has 110 valence electrons. The van der Waals surface area contributed by atoms with Crippen LogP contribution in [0, 0.1) is 17.3 Å². The van der Waals surface area contributed by atoms with E-state index in [0.717, 1.165) is 5.56 Å². The first kappa shape index (κ1) is 14.8. The Bertz CT molecular complexity index is 538. The third-order valence-corrected chi connectivity index (χ3v) is 4.24. The van der Waals surface area contributed by atoms with Gasteiger partial charge in [-0.05, 0) is 25.2 Å². The minimum absolute atomic E-state index is 0.0809. The highest BCUT2D eigenvalue weighted by Gasteiger charge is 2.60. The van der Waals surface area contributed by atoms with Gasteiger partial charge in [-0.25, -0.2) is 0 Å². The molecule has 1 aromatic rings. The maximum atomic E-state index is 12.6. The number of rotatable bonds is 4. The number of amides is 1. The number of nitrogens with zero attached hydrogens (tertiary/aromatic N) is 3. The number of hydrogen-bond acceptors (Lipinski definition) is 2. The highest BCUT2D eigenvalue weighted by atomic mass is 16.2. The van der Waals surface area contributed by atoms with E-state index < -0.39 is 0 Å². The molecule has 1 aliphatic carbocycles. The summed E-state index contributed by atoms with van der Waals surface area (Å²) in [7, 11) is 3.77. The van der Waals surface area contributed by atoms with Crippen molar-refractivity contribution in [3.63, 3.8) is 0 Å². The number of aromatic nitrogens is 2. The van der Waals surface area contributed by atoms with Crippen molar-refractivity contribution >= 4 is 5.91 Å². The van der Waals surface area contributed by atoms with Gasteiger partial charge in [-0.1, -0.05) is 25.5 Å². The van der Waals surface area contributed by atoms with Gasteiger partial charge in [0.05, 0.1) is 12.1 Å². The summed E-state index contributed by atoms with van der Waals surface area (Å²) in [5.41, 5.74) is 2.44. The Morgan fingerprint density at radius 1 is 1.50 bits per heavy atom. The molecule has 1 fully saturated rings. The standard InChI is InChI=1S/C16H25N3O/c1-11(2)7-13-14(16(13,3)4)15(20)18(5)9-12-8-17-19(6)10-12/h7-8,10,13-14H,9H2,1-6H3. The van der Waals surface area contributed by atoms with Crippen molar-refractivity contribution < 1.29 is 4.79 Å². The van der Waals surface area contributed by atoms with E-state index in [1.165, 1.54) is 5.57 Å². The summed E-state index contributed by atoms with van der Waals surface area (Å²) in [6, 6.07) is 0. The molecule has 1 amide bonds. The van der Waals surface area contributed by atoms with Crippen LogP contribution in [0.2, 0.25) is 0 Å². The third kappa shape index (κ3) is 2.79. The molecule has 0 saturated heterocycles. The summed E-state index contributed by atoms with van der Waals surface area (Å²) >= 11 is 0. The molecule has 1 aliphatic rings. The third-order valence-electron chi connectivity index (χ3n) is 4.24. The molecule has 4 nitrogen and oxygen atoms in total. The van der Waals surface area contributed by atoms with Gasteiger partial charge in [0.25, 0.3) is 0 Å². The van der Waals surface area contributed by atoms with E-state index in [1.807, 2.05) is 31.4 Å². The lowest BCUT2D eigenvalue weighted by Crippen LogP contribution is -2.29. The molecule has 1 aromatic heterocycles. The number of allylic oxidation sites excluding steroid dienone is 2. The summed E-state index contributed by atoms with van der Waals surface area (Å²) in [5.74, 6) is 0.719. The van der Waals surface area contributed by atoms with E-state index in [1.54, 1.807) is 4.68 Å². The zero-order valence-electron chi connectivity index (χ0n) is 13.3. The van der Waals surface area contributed by atoms with Gasteiger partial charge >= 0.3 is 0 Å². The van der Waals surface area contributed by atoms with Crippen LogP contribution in [0.1, 0.15) is 33.3 Å². The van der Waals surface area contributed by atoms with Crippen LogP contribution in [0.25, 0.3) is 0 Å². The fraction of sp³-hybridized carbons (Fsp3) is 0.625. The minimum Gasteiger partial charge on any atom is -0.341 e. The second kappa shape index (κ2) is 5.08. The van der Waals surface area contributed by atoms with Crippen LogP contribution in [0.5, 0.6) is 0 Å². The molecular formula is C16H25N3O. The fourth-order valence-corrected chi connectivity index (χ4v) is 2.96. The summed E-state index contributed by atoms with van der Waals surface area (Å²) in [6.45, 7) is 9.17. The van der Waals surface area contributed by atoms with Crippen LogP contribution in [-0.2, 0) is 18.4 Å². The molecule has 2 unspecified atom stereocenters. The summed E-state index contributed by atoms with van der Waals surface area (Å²) in [4.78, 5) is 14.4. The maximum Gasteiger partial charge on any atom is 0.226 e. The Morgan fingerprint density at radius 3 is 2.65 bits per heavy atom. The molecule has 0 radical (unpaired) electrons. The lowest BCUT2D eigenvalue weighted by molar-refractivity contribution is -0.132. The molecule has 20 heavy (non-hydrogen) atoms. The van der Waals surface area contributed by atoms with E-state index in [0.29, 0.717) is 12.5 Å². The number of carbonyl (C=O) groups is 1. The van der Waals surface area contributed by atoms with E-state index in [4.69, 9.17) is 0 Å². The smallest absolute Gasteiger partial charge is 0.226 e. The molecule has 0 N–H and O–H groups in total. The lowest BCUT2D eigenvalue weighted by atomic mass is 10.1. The molecule has 1 heterocycles. The monoisotopic (exact) mass is 275 g/mol. The van der Waals surface area contributed by atoms with Crippen molar-refractivity contribution in [2.75, 3.05) is 7.05 Å². The Hall–Kier alpha value is -1.58. The first-order valence-corrected chi connectivity index (χ1v) is 7.11. The van der Waals surface area contributed by atoms with E-state index in [9.17, 15) is 4.79 Å². The molecule has 0 spiro atoms. The van der Waals surface area contributed by atoms with Gasteiger partial charge in [-0.3, -0.25) is 9.48 Å². The van der Waals surface area contributed by atoms with E-state index in [-0.39, 0.29) is 17.2 Å². The van der Waals surface area contributed by atoms with E-state index >= 15 is 0 Å². The highest BCUT2D eigenvalue weighted by Crippen LogP contribution is 2.60. The van der Waals surface area contributed by atoms with Gasteiger partial charge in [0.1, 0.15) is 0 Å². The number of carbonyl (C=O) groups excluding carboxylic acids is 1. The summed E-state index contributed by atoms with van der Waals surface area (Å²) < 4.78 is 1.76. The van der Waals surface area contributed by atoms with Crippen molar-refractivity contribution in [3.05, 3.63) is 29.6 Å². The first-order chi connectivity index (χ1) is 9.23. The average molecular weight is 275 g/mol. The quantitative estimate of drug-likeness (QED) is 0.792. The number of hydrogen-bond donors (Lipinski definition) is 0. The lowest BCUT2D eigenvalue weighted by Gasteiger charge is -2.17. The van der Waals surface area contributed by atoms with Crippen LogP contribution in [-0.4, -0.2) is 27.6 Å². The minimum atomic E-state index is 0.0809. The van der Waals surface area contributed by atoms with Crippen LogP contribution < -0.4 is 0 Å². The Morgan fingerprint density at radius 2 is 2.15 bits per heavy atom. The SMILES string of the molecule is CC(C)=CC1C(C(=O)N(C)Cc2cnn(C)c2)C1(C)C. The van der Waals surface area contributed by atoms with Crippen molar-refractivity contribution in [1.29, 1.82) is 0 Å². The Balaban J connectivity index is 2.03. The number of aryl methyl sites for hydroxylation is 1. The van der Waals surface area contributed by atoms with Crippen LogP contribution >= 0.6 is 0 Å². The second-order valence-electron chi connectivity index (χ2n) is 6.79. The predicted octanol–water partition coefficient (Wildman–Crippen LogP) is 2.62. The predicted molar refractivity (Wildman–Crippen MR) is 79.9 cm³/mol. The van der Waals surface area contributed by atoms with Crippen LogP contribution in [0.15, 0.2) is 24.0 Å². The highest BCUT2D eigenvalue weighted by molar-refractivity contribution is 5.83. The first-order valence-electron chi connectivity index (χ1n) is 7.11. The van der Waals surface area contributed by atoms with Crippen molar-refractivity contribution in [2.24, 2.45) is 24.3 Å². The molecular weight excluding hydrogens is 250 g/mol. The maximum absolute atomic E-state index is 12.6.